The summed E-state index contributed by atoms with van der Waals surface area (Å²) in [6, 6.07) is 0.424. The molecule has 0 aromatic rings. The molecular weight excluding hydrogens is 284 g/mol. The third-order valence-corrected chi connectivity index (χ3v) is 4.07. The van der Waals surface area contributed by atoms with Crippen LogP contribution in [0.25, 0.3) is 0 Å². The number of rotatable bonds is 5. The van der Waals surface area contributed by atoms with Crippen molar-refractivity contribution in [3.8, 4) is 0 Å². The summed E-state index contributed by atoms with van der Waals surface area (Å²) in [5, 5.41) is 9.03. The van der Waals surface area contributed by atoms with Gasteiger partial charge in [-0.1, -0.05) is 0 Å². The molecule has 0 unspecified atom stereocenters. The number of ether oxygens (including phenoxy) is 1. The van der Waals surface area contributed by atoms with Gasteiger partial charge in [0, 0.05) is 25.7 Å². The molecule has 1 amide bonds. The quantitative estimate of drug-likeness (QED) is 0.842. The van der Waals surface area contributed by atoms with E-state index in [1.165, 1.54) is 0 Å². The fourth-order valence-corrected chi connectivity index (χ4v) is 2.99. The normalized spacial score (nSPS) is 22.7. The van der Waals surface area contributed by atoms with E-state index in [2.05, 4.69) is 4.90 Å². The van der Waals surface area contributed by atoms with Gasteiger partial charge in [-0.15, -0.1) is 0 Å². The summed E-state index contributed by atoms with van der Waals surface area (Å²) < 4.78 is 5.43. The van der Waals surface area contributed by atoms with E-state index in [0.29, 0.717) is 18.5 Å². The first kappa shape index (κ1) is 17.1. The van der Waals surface area contributed by atoms with Crippen LogP contribution in [0.1, 0.15) is 46.5 Å². The van der Waals surface area contributed by atoms with Crippen LogP contribution in [0.3, 0.4) is 0 Å². The van der Waals surface area contributed by atoms with Gasteiger partial charge in [0.05, 0.1) is 6.54 Å². The van der Waals surface area contributed by atoms with Crippen molar-refractivity contribution >= 4 is 12.1 Å². The van der Waals surface area contributed by atoms with Crippen molar-refractivity contribution in [1.29, 1.82) is 0 Å². The van der Waals surface area contributed by atoms with Gasteiger partial charge in [0.1, 0.15) is 5.60 Å². The van der Waals surface area contributed by atoms with Crippen LogP contribution in [0.15, 0.2) is 0 Å². The number of likely N-dealkylation sites (tertiary alicyclic amines) is 1. The molecule has 2 rings (SSSR count). The van der Waals surface area contributed by atoms with Gasteiger partial charge in [-0.05, 0) is 52.4 Å². The molecule has 22 heavy (non-hydrogen) atoms. The number of piperidine rings is 1. The SMILES string of the molecule is CC(C)(C)OC(=O)N1CCC[C@H](CN(CC(=O)O)C2CC2)C1. The molecule has 0 aromatic heterocycles. The second-order valence-electron chi connectivity index (χ2n) is 7.49. The topological polar surface area (TPSA) is 70.1 Å². The minimum absolute atomic E-state index is 0.105. The molecule has 1 N–H and O–H groups in total. The van der Waals surface area contributed by atoms with Crippen molar-refractivity contribution in [2.45, 2.75) is 58.1 Å². The average Bonchev–Trinajstić information content (AvgIpc) is 3.20. The molecule has 0 spiro atoms. The van der Waals surface area contributed by atoms with E-state index in [4.69, 9.17) is 9.84 Å². The highest BCUT2D eigenvalue weighted by molar-refractivity contribution is 5.69. The van der Waals surface area contributed by atoms with E-state index in [-0.39, 0.29) is 12.6 Å². The smallest absolute Gasteiger partial charge is 0.410 e. The van der Waals surface area contributed by atoms with Crippen LogP contribution in [0, 0.1) is 5.92 Å². The van der Waals surface area contributed by atoms with E-state index >= 15 is 0 Å². The standard InChI is InChI=1S/C16H28N2O4/c1-16(2,3)22-15(21)17-8-4-5-12(9-17)10-18(11-14(19)20)13-6-7-13/h12-13H,4-11H2,1-3H3,(H,19,20)/t12-/m0/s1. The highest BCUT2D eigenvalue weighted by Crippen LogP contribution is 2.29. The second kappa shape index (κ2) is 6.86. The van der Waals surface area contributed by atoms with Crippen molar-refractivity contribution in [2.75, 3.05) is 26.2 Å². The lowest BCUT2D eigenvalue weighted by atomic mass is 9.97. The molecule has 1 saturated heterocycles. The fraction of sp³-hybridized carbons (Fsp3) is 0.875. The van der Waals surface area contributed by atoms with Crippen LogP contribution in [0.2, 0.25) is 0 Å². The molecular formula is C16H28N2O4. The summed E-state index contributed by atoms with van der Waals surface area (Å²) in [7, 11) is 0. The van der Waals surface area contributed by atoms with E-state index in [1.807, 2.05) is 20.8 Å². The molecule has 126 valence electrons. The number of carboxylic acid groups (broad SMARTS) is 1. The van der Waals surface area contributed by atoms with Crippen LogP contribution in [-0.2, 0) is 9.53 Å². The number of hydrogen-bond donors (Lipinski definition) is 1. The third kappa shape index (κ3) is 5.48. The minimum atomic E-state index is -0.772. The van der Waals surface area contributed by atoms with Crippen molar-refractivity contribution in [1.82, 2.24) is 9.80 Å². The van der Waals surface area contributed by atoms with Gasteiger partial charge in [0.15, 0.2) is 0 Å². The Labute approximate surface area is 132 Å². The van der Waals surface area contributed by atoms with Crippen LogP contribution < -0.4 is 0 Å². The van der Waals surface area contributed by atoms with Gasteiger partial charge >= 0.3 is 12.1 Å². The lowest BCUT2D eigenvalue weighted by Crippen LogP contribution is -2.46. The third-order valence-electron chi connectivity index (χ3n) is 4.07. The van der Waals surface area contributed by atoms with Crippen molar-refractivity contribution in [2.24, 2.45) is 5.92 Å². The maximum Gasteiger partial charge on any atom is 0.410 e. The lowest BCUT2D eigenvalue weighted by molar-refractivity contribution is -0.138. The molecule has 0 bridgehead atoms. The number of carboxylic acids is 1. The van der Waals surface area contributed by atoms with Crippen molar-refractivity contribution < 1.29 is 19.4 Å². The number of hydrogen-bond acceptors (Lipinski definition) is 4. The Bertz CT molecular complexity index is 415. The van der Waals surface area contributed by atoms with E-state index < -0.39 is 11.6 Å². The highest BCUT2D eigenvalue weighted by Gasteiger charge is 2.34. The lowest BCUT2D eigenvalue weighted by Gasteiger charge is -2.36. The molecule has 1 atom stereocenters. The number of carbonyl (C=O) groups excluding carboxylic acids is 1. The zero-order valence-corrected chi connectivity index (χ0v) is 13.9. The zero-order chi connectivity index (χ0) is 16.3. The Kier molecular flexibility index (Phi) is 5.32. The summed E-state index contributed by atoms with van der Waals surface area (Å²) >= 11 is 0. The molecule has 2 fully saturated rings. The molecule has 6 heteroatoms. The average molecular weight is 312 g/mol. The first-order valence-electron chi connectivity index (χ1n) is 8.18. The summed E-state index contributed by atoms with van der Waals surface area (Å²) in [4.78, 5) is 27.0. The van der Waals surface area contributed by atoms with Crippen LogP contribution in [0.4, 0.5) is 4.79 Å². The number of aliphatic carboxylic acids is 1. The predicted octanol–water partition coefficient (Wildman–Crippen LogP) is 2.18. The van der Waals surface area contributed by atoms with Gasteiger partial charge in [-0.25, -0.2) is 4.79 Å². The first-order chi connectivity index (χ1) is 10.2. The van der Waals surface area contributed by atoms with Gasteiger partial charge in [-0.3, -0.25) is 9.69 Å². The van der Waals surface area contributed by atoms with E-state index in [9.17, 15) is 9.59 Å². The monoisotopic (exact) mass is 312 g/mol. The fourth-order valence-electron chi connectivity index (χ4n) is 2.99. The first-order valence-corrected chi connectivity index (χ1v) is 8.18. The van der Waals surface area contributed by atoms with Crippen LogP contribution in [0.5, 0.6) is 0 Å². The molecule has 1 aliphatic heterocycles. The van der Waals surface area contributed by atoms with Gasteiger partial charge < -0.3 is 14.7 Å². The number of carbonyl (C=O) groups is 2. The Morgan fingerprint density at radius 2 is 1.95 bits per heavy atom. The Hall–Kier alpha value is -1.30. The zero-order valence-electron chi connectivity index (χ0n) is 13.9. The second-order valence-corrected chi connectivity index (χ2v) is 7.49. The summed E-state index contributed by atoms with van der Waals surface area (Å²) in [6.07, 6.45) is 3.93. The number of amides is 1. The largest absolute Gasteiger partial charge is 0.480 e. The van der Waals surface area contributed by atoms with Gasteiger partial charge in [0.25, 0.3) is 0 Å². The number of nitrogens with zero attached hydrogens (tertiary/aromatic N) is 2. The van der Waals surface area contributed by atoms with Gasteiger partial charge in [0.2, 0.25) is 0 Å². The van der Waals surface area contributed by atoms with E-state index in [1.54, 1.807) is 4.90 Å². The van der Waals surface area contributed by atoms with E-state index in [0.717, 1.165) is 38.8 Å². The molecule has 1 heterocycles. The van der Waals surface area contributed by atoms with Crippen LogP contribution in [-0.4, -0.2) is 64.8 Å². The highest BCUT2D eigenvalue weighted by atomic mass is 16.6. The molecule has 6 nitrogen and oxygen atoms in total. The molecule has 1 aliphatic carbocycles. The summed E-state index contributed by atoms with van der Waals surface area (Å²) in [6.45, 7) is 7.87. The Morgan fingerprint density at radius 3 is 2.50 bits per heavy atom. The van der Waals surface area contributed by atoms with Crippen LogP contribution >= 0.6 is 0 Å². The minimum Gasteiger partial charge on any atom is -0.480 e. The van der Waals surface area contributed by atoms with Gasteiger partial charge in [-0.2, -0.15) is 0 Å². The molecule has 0 radical (unpaired) electrons. The molecule has 0 aromatic carbocycles. The predicted molar refractivity (Wildman–Crippen MR) is 82.8 cm³/mol. The maximum atomic E-state index is 12.2. The maximum absolute atomic E-state index is 12.2. The Morgan fingerprint density at radius 1 is 1.27 bits per heavy atom. The summed E-state index contributed by atoms with van der Waals surface area (Å²) in [5.41, 5.74) is -0.479. The van der Waals surface area contributed by atoms with Crippen molar-refractivity contribution in [3.63, 3.8) is 0 Å². The molecule has 2 aliphatic rings. The summed E-state index contributed by atoms with van der Waals surface area (Å²) in [5.74, 6) is -0.437. The molecule has 1 saturated carbocycles. The van der Waals surface area contributed by atoms with Crippen molar-refractivity contribution in [3.05, 3.63) is 0 Å². The Balaban J connectivity index is 1.86.